The molecule has 234 valence electrons. The number of aliphatic hydroxyl groups excluding tert-OH is 8. The smallest absolute Gasteiger partial charge is 0.229 e. The van der Waals surface area contributed by atoms with Gasteiger partial charge in [0.15, 0.2) is 11.5 Å². The minimum atomic E-state index is -1.63. The minimum Gasteiger partial charge on any atom is -0.507 e. The van der Waals surface area contributed by atoms with Crippen LogP contribution in [0.3, 0.4) is 0 Å². The van der Waals surface area contributed by atoms with Crippen molar-refractivity contribution in [1.82, 2.24) is 0 Å². The van der Waals surface area contributed by atoms with Gasteiger partial charge in [0.2, 0.25) is 12.6 Å². The van der Waals surface area contributed by atoms with E-state index in [0.717, 1.165) is 0 Å². The molecule has 2 aliphatic rings. The standard InChI is InChI=1S/C29H34O14/c30-12-20-22(34)24(36)26(38)28(42-20)40-16-8-7-15(17(32)11-16)5-3-1-2-4-14-6-9-19(18(33)10-14)41-29-27(39)25(37)23(35)21(13-31)43-29/h3,5-11,20-39H,1,12-13H2/b5-3+/t20-,21-,22-,23-,24+,25+,26-,27-,28-,29-/m1/s1. The van der Waals surface area contributed by atoms with Crippen LogP contribution in [0.5, 0.6) is 23.0 Å². The average molecular weight is 607 g/mol. The molecule has 14 heteroatoms. The molecule has 2 aliphatic heterocycles. The zero-order valence-electron chi connectivity index (χ0n) is 22.6. The van der Waals surface area contributed by atoms with E-state index < -0.39 is 74.6 Å². The Balaban J connectivity index is 1.32. The Labute approximate surface area is 245 Å². The van der Waals surface area contributed by atoms with E-state index >= 15 is 0 Å². The molecule has 10 atom stereocenters. The van der Waals surface area contributed by atoms with Gasteiger partial charge in [-0.3, -0.25) is 0 Å². The van der Waals surface area contributed by atoms with Gasteiger partial charge in [-0.1, -0.05) is 24.0 Å². The third kappa shape index (κ3) is 7.55. The van der Waals surface area contributed by atoms with Crippen molar-refractivity contribution >= 4 is 6.08 Å². The molecule has 0 saturated carbocycles. The van der Waals surface area contributed by atoms with Crippen LogP contribution in [0.15, 0.2) is 42.5 Å². The van der Waals surface area contributed by atoms with Gasteiger partial charge < -0.3 is 70.0 Å². The number of rotatable bonds is 8. The van der Waals surface area contributed by atoms with Crippen LogP contribution < -0.4 is 9.47 Å². The molecule has 2 fully saturated rings. The highest BCUT2D eigenvalue weighted by molar-refractivity contribution is 5.59. The number of hydrogen-bond donors (Lipinski definition) is 10. The molecular weight excluding hydrogens is 572 g/mol. The van der Waals surface area contributed by atoms with Crippen molar-refractivity contribution in [3.8, 4) is 34.8 Å². The third-order valence-corrected chi connectivity index (χ3v) is 6.90. The number of allylic oxidation sites excluding steroid dienone is 1. The maximum Gasteiger partial charge on any atom is 0.229 e. The second-order valence-electron chi connectivity index (χ2n) is 9.94. The molecule has 0 amide bonds. The van der Waals surface area contributed by atoms with E-state index in [2.05, 4.69) is 11.8 Å². The Morgan fingerprint density at radius 2 is 1.30 bits per heavy atom. The molecule has 2 aromatic rings. The fourth-order valence-corrected chi connectivity index (χ4v) is 4.42. The van der Waals surface area contributed by atoms with E-state index in [0.29, 0.717) is 11.1 Å². The fourth-order valence-electron chi connectivity index (χ4n) is 4.42. The molecule has 0 aromatic heterocycles. The highest BCUT2D eigenvalue weighted by Gasteiger charge is 2.46. The van der Waals surface area contributed by atoms with Crippen molar-refractivity contribution < 1.29 is 70.0 Å². The molecule has 4 rings (SSSR count). The Morgan fingerprint density at radius 1 is 0.698 bits per heavy atom. The van der Waals surface area contributed by atoms with Gasteiger partial charge in [0, 0.05) is 23.6 Å². The first-order chi connectivity index (χ1) is 20.5. The third-order valence-electron chi connectivity index (χ3n) is 6.90. The summed E-state index contributed by atoms with van der Waals surface area (Å²) in [4.78, 5) is 0. The van der Waals surface area contributed by atoms with Crippen LogP contribution in [0.2, 0.25) is 0 Å². The van der Waals surface area contributed by atoms with Crippen molar-refractivity contribution in [2.75, 3.05) is 13.2 Å². The molecule has 14 nitrogen and oxygen atoms in total. The largest absolute Gasteiger partial charge is 0.507 e. The number of aliphatic hydroxyl groups is 8. The van der Waals surface area contributed by atoms with Gasteiger partial charge in [-0.05, 0) is 30.3 Å². The van der Waals surface area contributed by atoms with Gasteiger partial charge in [0.1, 0.15) is 60.3 Å². The van der Waals surface area contributed by atoms with Crippen LogP contribution in [0.1, 0.15) is 17.5 Å². The lowest BCUT2D eigenvalue weighted by Gasteiger charge is -2.39. The second kappa shape index (κ2) is 14.3. The maximum atomic E-state index is 10.4. The van der Waals surface area contributed by atoms with Gasteiger partial charge in [-0.25, -0.2) is 0 Å². The monoisotopic (exact) mass is 606 g/mol. The van der Waals surface area contributed by atoms with Crippen molar-refractivity contribution in [2.24, 2.45) is 0 Å². The molecular formula is C29H34O14. The Bertz CT molecular complexity index is 1320. The summed E-state index contributed by atoms with van der Waals surface area (Å²) in [5, 5.41) is 99.0. The van der Waals surface area contributed by atoms with Crippen molar-refractivity contribution in [2.45, 2.75) is 67.8 Å². The van der Waals surface area contributed by atoms with Gasteiger partial charge >= 0.3 is 0 Å². The Kier molecular flexibility index (Phi) is 10.8. The van der Waals surface area contributed by atoms with Crippen molar-refractivity contribution in [3.63, 3.8) is 0 Å². The molecule has 2 heterocycles. The number of hydrogen-bond acceptors (Lipinski definition) is 14. The van der Waals surface area contributed by atoms with E-state index in [1.54, 1.807) is 12.2 Å². The van der Waals surface area contributed by atoms with E-state index in [4.69, 9.17) is 18.9 Å². The van der Waals surface area contributed by atoms with Crippen molar-refractivity contribution in [3.05, 3.63) is 53.6 Å². The minimum absolute atomic E-state index is 0.0794. The molecule has 0 unspecified atom stereocenters. The summed E-state index contributed by atoms with van der Waals surface area (Å²) in [5.41, 5.74) is 0.861. The topological polar surface area (TPSA) is 239 Å². The molecule has 43 heavy (non-hydrogen) atoms. The molecule has 0 spiro atoms. The normalized spacial score (nSPS) is 32.7. The van der Waals surface area contributed by atoms with Crippen LogP contribution in [-0.4, -0.2) is 126 Å². The van der Waals surface area contributed by atoms with Gasteiger partial charge in [0.05, 0.1) is 13.2 Å². The fraction of sp³-hybridized carbons (Fsp3) is 0.448. The maximum absolute atomic E-state index is 10.4. The molecule has 0 bridgehead atoms. The van der Waals surface area contributed by atoms with Crippen molar-refractivity contribution in [1.29, 1.82) is 0 Å². The number of aromatic hydroxyl groups is 2. The second-order valence-corrected chi connectivity index (χ2v) is 9.94. The SMILES string of the molecule is OC[C@H]1O[C@@H](Oc2ccc(/C=C/CC#Cc3ccc(O[C@@H]4O[C@H](CO)[C@@H](O)[C@H](O)[C@H]4O)c(O)c3)c(O)c2)[C@H](O)[C@@H](O)[C@@H]1O. The molecule has 2 aromatic carbocycles. The Hall–Kier alpha value is -3.46. The number of ether oxygens (including phenoxy) is 4. The predicted molar refractivity (Wildman–Crippen MR) is 146 cm³/mol. The highest BCUT2D eigenvalue weighted by atomic mass is 16.7. The van der Waals surface area contributed by atoms with Gasteiger partial charge in [-0.15, -0.1) is 0 Å². The van der Waals surface area contributed by atoms with E-state index in [1.165, 1.54) is 36.4 Å². The van der Waals surface area contributed by atoms with Crippen LogP contribution >= 0.6 is 0 Å². The first kappa shape index (κ1) is 32.5. The molecule has 0 radical (unpaired) electrons. The lowest BCUT2D eigenvalue weighted by molar-refractivity contribution is -0.277. The van der Waals surface area contributed by atoms with Gasteiger partial charge in [0.25, 0.3) is 0 Å². The summed E-state index contributed by atoms with van der Waals surface area (Å²) in [6.45, 7) is -1.22. The summed E-state index contributed by atoms with van der Waals surface area (Å²) in [6.07, 6.45) is -11.1. The Morgan fingerprint density at radius 3 is 1.86 bits per heavy atom. The van der Waals surface area contributed by atoms with Gasteiger partial charge in [-0.2, -0.15) is 0 Å². The summed E-state index contributed by atoms with van der Waals surface area (Å²) >= 11 is 0. The van der Waals surface area contributed by atoms with Crippen LogP contribution in [0.25, 0.3) is 6.08 Å². The first-order valence-electron chi connectivity index (χ1n) is 13.3. The molecule has 0 aliphatic carbocycles. The first-order valence-corrected chi connectivity index (χ1v) is 13.3. The highest BCUT2D eigenvalue weighted by Crippen LogP contribution is 2.31. The number of benzene rings is 2. The lowest BCUT2D eigenvalue weighted by Crippen LogP contribution is -2.60. The molecule has 10 N–H and O–H groups in total. The van der Waals surface area contributed by atoms with Crippen LogP contribution in [0, 0.1) is 11.8 Å². The number of phenolic OH excluding ortho intramolecular Hbond substituents is 2. The number of phenols is 2. The quantitative estimate of drug-likeness (QED) is 0.145. The van der Waals surface area contributed by atoms with Crippen LogP contribution in [0.4, 0.5) is 0 Å². The summed E-state index contributed by atoms with van der Waals surface area (Å²) in [5.74, 6) is 5.27. The van der Waals surface area contributed by atoms with E-state index in [9.17, 15) is 51.1 Å². The summed E-state index contributed by atoms with van der Waals surface area (Å²) in [7, 11) is 0. The predicted octanol–water partition coefficient (Wildman–Crippen LogP) is -2.09. The zero-order chi connectivity index (χ0) is 31.3. The van der Waals surface area contributed by atoms with E-state index in [-0.39, 0.29) is 29.4 Å². The molecule has 2 saturated heterocycles. The summed E-state index contributed by atoms with van der Waals surface area (Å²) < 4.78 is 21.5. The zero-order valence-corrected chi connectivity index (χ0v) is 22.6. The van der Waals surface area contributed by atoms with Crippen LogP contribution in [-0.2, 0) is 9.47 Å². The summed E-state index contributed by atoms with van der Waals surface area (Å²) in [6, 6.07) is 8.52. The lowest BCUT2D eigenvalue weighted by atomic mass is 9.99. The van der Waals surface area contributed by atoms with E-state index in [1.807, 2.05) is 0 Å². The average Bonchev–Trinajstić information content (AvgIpc) is 2.99.